The number of carbonyl (C=O) groups excluding carboxylic acids is 2. The highest BCUT2D eigenvalue weighted by Gasteiger charge is 2.43. The Morgan fingerprint density at radius 2 is 1.77 bits per heavy atom. The summed E-state index contributed by atoms with van der Waals surface area (Å²) in [6.07, 6.45) is 4.98. The van der Waals surface area contributed by atoms with E-state index in [9.17, 15) is 9.59 Å². The summed E-state index contributed by atoms with van der Waals surface area (Å²) in [5.41, 5.74) is 3.08. The molecule has 5 heteroatoms. The number of likely N-dealkylation sites (tertiary alicyclic amines) is 1. The number of piperidine rings is 1. The van der Waals surface area contributed by atoms with E-state index in [1.165, 1.54) is 0 Å². The summed E-state index contributed by atoms with van der Waals surface area (Å²) in [7, 11) is 0. The lowest BCUT2D eigenvalue weighted by Gasteiger charge is -2.44. The van der Waals surface area contributed by atoms with Crippen molar-refractivity contribution in [2.45, 2.75) is 38.7 Å². The second-order valence-corrected chi connectivity index (χ2v) is 7.35. The van der Waals surface area contributed by atoms with Crippen molar-refractivity contribution >= 4 is 11.7 Å². The molecular formula is C21H22N2O3. The van der Waals surface area contributed by atoms with Crippen molar-refractivity contribution in [2.75, 3.05) is 13.1 Å². The smallest absolute Gasteiger partial charge is 0.253 e. The molecule has 0 unspecified atom stereocenters. The summed E-state index contributed by atoms with van der Waals surface area (Å²) in [4.78, 5) is 31.1. The van der Waals surface area contributed by atoms with Crippen LogP contribution >= 0.6 is 0 Å². The number of benzene rings is 1. The van der Waals surface area contributed by atoms with E-state index >= 15 is 0 Å². The SMILES string of the molecule is Cc1cc2c(cc1C)C(=O)CC1(CCN(C(=O)c3ccncc3)CC1)O2. The van der Waals surface area contributed by atoms with Crippen LogP contribution in [0.2, 0.25) is 0 Å². The number of ketones is 1. The molecule has 134 valence electrons. The minimum Gasteiger partial charge on any atom is -0.486 e. The van der Waals surface area contributed by atoms with Crippen molar-refractivity contribution in [1.29, 1.82) is 0 Å². The van der Waals surface area contributed by atoms with Crippen molar-refractivity contribution in [3.05, 3.63) is 58.9 Å². The Hall–Kier alpha value is -2.69. The molecule has 0 radical (unpaired) electrons. The molecule has 1 fully saturated rings. The lowest BCUT2D eigenvalue weighted by Crippen LogP contribution is -2.52. The third-order valence-electron chi connectivity index (χ3n) is 5.59. The van der Waals surface area contributed by atoms with E-state index in [0.29, 0.717) is 49.2 Å². The molecule has 1 spiro atoms. The van der Waals surface area contributed by atoms with Crippen molar-refractivity contribution in [3.63, 3.8) is 0 Å². The highest BCUT2D eigenvalue weighted by molar-refractivity contribution is 6.00. The van der Waals surface area contributed by atoms with Gasteiger partial charge in [-0.3, -0.25) is 14.6 Å². The summed E-state index contributed by atoms with van der Waals surface area (Å²) in [5, 5.41) is 0. The molecule has 1 saturated heterocycles. The molecule has 0 saturated carbocycles. The molecule has 1 aromatic carbocycles. The van der Waals surface area contributed by atoms with E-state index in [2.05, 4.69) is 4.98 Å². The van der Waals surface area contributed by atoms with Crippen LogP contribution in [0, 0.1) is 13.8 Å². The van der Waals surface area contributed by atoms with Gasteiger partial charge in [0, 0.05) is 43.9 Å². The van der Waals surface area contributed by atoms with Crippen LogP contribution in [0.5, 0.6) is 5.75 Å². The van der Waals surface area contributed by atoms with Gasteiger partial charge >= 0.3 is 0 Å². The molecule has 5 nitrogen and oxygen atoms in total. The number of rotatable bonds is 1. The van der Waals surface area contributed by atoms with E-state index in [1.54, 1.807) is 24.5 Å². The number of amides is 1. The van der Waals surface area contributed by atoms with Gasteiger partial charge in [-0.25, -0.2) is 0 Å². The normalized spacial score (nSPS) is 18.4. The van der Waals surface area contributed by atoms with Crippen molar-refractivity contribution in [3.8, 4) is 5.75 Å². The van der Waals surface area contributed by atoms with Gasteiger partial charge in [0.15, 0.2) is 5.78 Å². The number of pyridine rings is 1. The zero-order valence-electron chi connectivity index (χ0n) is 15.1. The van der Waals surface area contributed by atoms with E-state index in [-0.39, 0.29) is 11.7 Å². The molecular weight excluding hydrogens is 328 g/mol. The number of Topliss-reactive ketones (excluding diaryl/α,β-unsaturated/α-hetero) is 1. The number of aromatic nitrogens is 1. The fourth-order valence-corrected chi connectivity index (χ4v) is 3.82. The summed E-state index contributed by atoms with van der Waals surface area (Å²) >= 11 is 0. The molecule has 2 aromatic rings. The molecule has 0 aliphatic carbocycles. The fraction of sp³-hybridized carbons (Fsp3) is 0.381. The standard InChI is InChI=1S/C21H22N2O3/c1-14-11-17-18(24)13-21(26-19(17)12-15(14)2)5-9-23(10-6-21)20(25)16-3-7-22-8-4-16/h3-4,7-8,11-12H,5-6,9-10,13H2,1-2H3. The average Bonchev–Trinajstić information content (AvgIpc) is 2.64. The first kappa shape index (κ1) is 16.8. The maximum absolute atomic E-state index is 12.7. The van der Waals surface area contributed by atoms with E-state index < -0.39 is 5.60 Å². The van der Waals surface area contributed by atoms with Crippen molar-refractivity contribution in [1.82, 2.24) is 9.88 Å². The van der Waals surface area contributed by atoms with Gasteiger partial charge in [0.1, 0.15) is 11.4 Å². The predicted octanol–water partition coefficient (Wildman–Crippen LogP) is 3.34. The van der Waals surface area contributed by atoms with Gasteiger partial charge in [0.05, 0.1) is 12.0 Å². The van der Waals surface area contributed by atoms with E-state index in [1.807, 2.05) is 30.9 Å². The van der Waals surface area contributed by atoms with Crippen LogP contribution in [-0.2, 0) is 0 Å². The highest BCUT2D eigenvalue weighted by Crippen LogP contribution is 2.40. The Morgan fingerprint density at radius 3 is 2.46 bits per heavy atom. The number of aryl methyl sites for hydroxylation is 2. The van der Waals surface area contributed by atoms with Crippen LogP contribution in [0.3, 0.4) is 0 Å². The van der Waals surface area contributed by atoms with Crippen molar-refractivity contribution < 1.29 is 14.3 Å². The van der Waals surface area contributed by atoms with E-state index in [4.69, 9.17) is 4.74 Å². The molecule has 0 atom stereocenters. The maximum Gasteiger partial charge on any atom is 0.253 e. The first-order valence-corrected chi connectivity index (χ1v) is 9.00. The Balaban J connectivity index is 1.51. The maximum atomic E-state index is 12.7. The minimum atomic E-state index is -0.485. The second kappa shape index (κ2) is 6.24. The number of carbonyl (C=O) groups is 2. The van der Waals surface area contributed by atoms with Crippen molar-refractivity contribution in [2.24, 2.45) is 0 Å². The zero-order valence-corrected chi connectivity index (χ0v) is 15.1. The Bertz CT molecular complexity index is 868. The zero-order chi connectivity index (χ0) is 18.3. The Labute approximate surface area is 153 Å². The quantitative estimate of drug-likeness (QED) is 0.791. The second-order valence-electron chi connectivity index (χ2n) is 7.35. The molecule has 26 heavy (non-hydrogen) atoms. The third-order valence-corrected chi connectivity index (χ3v) is 5.59. The summed E-state index contributed by atoms with van der Waals surface area (Å²) in [6, 6.07) is 7.36. The number of ether oxygens (including phenoxy) is 1. The molecule has 3 heterocycles. The number of nitrogens with zero attached hydrogens (tertiary/aromatic N) is 2. The topological polar surface area (TPSA) is 59.5 Å². The average molecular weight is 350 g/mol. The van der Waals surface area contributed by atoms with Crippen LogP contribution in [-0.4, -0.2) is 40.3 Å². The summed E-state index contributed by atoms with van der Waals surface area (Å²) < 4.78 is 6.33. The highest BCUT2D eigenvalue weighted by atomic mass is 16.5. The van der Waals surface area contributed by atoms with Crippen LogP contribution < -0.4 is 4.74 Å². The Morgan fingerprint density at radius 1 is 1.12 bits per heavy atom. The van der Waals surface area contributed by atoms with Crippen LogP contribution in [0.25, 0.3) is 0 Å². The first-order valence-electron chi connectivity index (χ1n) is 9.00. The van der Waals surface area contributed by atoms with Gasteiger partial charge in [-0.15, -0.1) is 0 Å². The van der Waals surface area contributed by atoms with Gasteiger partial charge in [0.25, 0.3) is 5.91 Å². The van der Waals surface area contributed by atoms with Crippen LogP contribution in [0.1, 0.15) is 51.1 Å². The molecule has 1 aromatic heterocycles. The van der Waals surface area contributed by atoms with Gasteiger partial charge in [0.2, 0.25) is 0 Å². The predicted molar refractivity (Wildman–Crippen MR) is 97.6 cm³/mol. The van der Waals surface area contributed by atoms with Gasteiger partial charge in [-0.1, -0.05) is 0 Å². The van der Waals surface area contributed by atoms with Gasteiger partial charge < -0.3 is 9.64 Å². The minimum absolute atomic E-state index is 0.0104. The molecule has 4 rings (SSSR count). The number of hydrogen-bond acceptors (Lipinski definition) is 4. The molecule has 2 aliphatic heterocycles. The van der Waals surface area contributed by atoms with Gasteiger partial charge in [-0.2, -0.15) is 0 Å². The van der Waals surface area contributed by atoms with Crippen LogP contribution in [0.15, 0.2) is 36.7 Å². The van der Waals surface area contributed by atoms with Crippen LogP contribution in [0.4, 0.5) is 0 Å². The Kier molecular flexibility index (Phi) is 4.02. The summed E-state index contributed by atoms with van der Waals surface area (Å²) in [5.74, 6) is 0.845. The largest absolute Gasteiger partial charge is 0.486 e. The lowest BCUT2D eigenvalue weighted by atomic mass is 9.81. The first-order chi connectivity index (χ1) is 12.5. The fourth-order valence-electron chi connectivity index (χ4n) is 3.82. The van der Waals surface area contributed by atoms with E-state index in [0.717, 1.165) is 11.1 Å². The number of fused-ring (bicyclic) bond motifs is 1. The molecule has 2 aliphatic rings. The summed E-state index contributed by atoms with van der Waals surface area (Å²) in [6.45, 7) is 5.22. The third kappa shape index (κ3) is 2.87. The van der Waals surface area contributed by atoms with Gasteiger partial charge in [-0.05, 0) is 49.2 Å². The number of hydrogen-bond donors (Lipinski definition) is 0. The monoisotopic (exact) mass is 350 g/mol. The molecule has 0 bridgehead atoms. The molecule has 0 N–H and O–H groups in total. The lowest BCUT2D eigenvalue weighted by molar-refractivity contribution is -0.00575. The molecule has 1 amide bonds.